The average Bonchev–Trinajstić information content (AvgIpc) is 3.39. The number of benzene rings is 1. The predicted molar refractivity (Wildman–Crippen MR) is 121 cm³/mol. The third-order valence-electron chi connectivity index (χ3n) is 5.57. The first-order valence-electron chi connectivity index (χ1n) is 10.1. The molecule has 2 atom stereocenters. The van der Waals surface area contributed by atoms with Gasteiger partial charge in [0.25, 0.3) is 17.7 Å². The molecule has 2 saturated heterocycles. The number of terminal acetylenes is 1. The van der Waals surface area contributed by atoms with E-state index in [0.29, 0.717) is 28.6 Å². The molecule has 3 amide bonds. The quantitative estimate of drug-likeness (QED) is 0.695. The lowest BCUT2D eigenvalue weighted by Crippen LogP contribution is -2.44. The van der Waals surface area contributed by atoms with E-state index in [4.69, 9.17) is 15.9 Å². The van der Waals surface area contributed by atoms with Crippen LogP contribution >= 0.6 is 11.3 Å². The van der Waals surface area contributed by atoms with Gasteiger partial charge in [-0.2, -0.15) is 0 Å². The normalized spacial score (nSPS) is 21.0. The fourth-order valence-electron chi connectivity index (χ4n) is 3.99. The van der Waals surface area contributed by atoms with Crippen LogP contribution in [0.25, 0.3) is 0 Å². The van der Waals surface area contributed by atoms with Gasteiger partial charge in [0.2, 0.25) is 0 Å². The average molecular weight is 454 g/mol. The Kier molecular flexibility index (Phi) is 6.28. The fraction of sp³-hybridized carbons (Fsp3) is 0.348. The third-order valence-corrected chi connectivity index (χ3v) is 6.58. The number of morpholine rings is 1. The monoisotopic (exact) mass is 453 g/mol. The summed E-state index contributed by atoms with van der Waals surface area (Å²) in [6, 6.07) is 8.37. The maximum Gasteiger partial charge on any atom is 0.261 e. The molecule has 166 valence electrons. The highest BCUT2D eigenvalue weighted by atomic mass is 32.1. The SMILES string of the molecule is C#Cc1ccc(C(=O)NC2CN(c3ccc(N4CCOCC4=O)c(C)c3)C(=O)C2OC)s1. The molecular weight excluding hydrogens is 430 g/mol. The largest absolute Gasteiger partial charge is 0.370 e. The summed E-state index contributed by atoms with van der Waals surface area (Å²) < 4.78 is 10.6. The molecule has 2 aromatic rings. The van der Waals surface area contributed by atoms with Crippen molar-refractivity contribution in [1.29, 1.82) is 0 Å². The number of carbonyl (C=O) groups is 3. The summed E-state index contributed by atoms with van der Waals surface area (Å²) in [5.74, 6) is 1.89. The minimum atomic E-state index is -0.799. The Labute approximate surface area is 190 Å². The number of hydrogen-bond acceptors (Lipinski definition) is 6. The van der Waals surface area contributed by atoms with Gasteiger partial charge < -0.3 is 24.6 Å². The molecule has 0 spiro atoms. The van der Waals surface area contributed by atoms with Crippen molar-refractivity contribution in [3.8, 4) is 12.3 Å². The molecule has 4 rings (SSSR count). The van der Waals surface area contributed by atoms with Gasteiger partial charge in [-0.25, -0.2) is 0 Å². The number of amides is 3. The first kappa shape index (κ1) is 22.0. The highest BCUT2D eigenvalue weighted by Crippen LogP contribution is 2.30. The van der Waals surface area contributed by atoms with Crippen molar-refractivity contribution >= 4 is 40.4 Å². The first-order chi connectivity index (χ1) is 15.4. The van der Waals surface area contributed by atoms with Crippen molar-refractivity contribution in [2.45, 2.75) is 19.1 Å². The van der Waals surface area contributed by atoms with Crippen LogP contribution in [0.1, 0.15) is 20.1 Å². The summed E-state index contributed by atoms with van der Waals surface area (Å²) in [6.07, 6.45) is 4.58. The predicted octanol–water partition coefficient (Wildman–Crippen LogP) is 1.56. The van der Waals surface area contributed by atoms with Crippen molar-refractivity contribution in [3.05, 3.63) is 45.6 Å². The number of anilines is 2. The summed E-state index contributed by atoms with van der Waals surface area (Å²) in [6.45, 7) is 3.21. The number of nitrogens with zero attached hydrogens (tertiary/aromatic N) is 2. The molecule has 0 aliphatic carbocycles. The molecule has 2 unspecified atom stereocenters. The standard InChI is InChI=1S/C23H23N3O5S/c1-4-16-6-8-19(32-16)22(28)24-17-12-26(23(29)21(17)30-3)15-5-7-18(14(2)11-15)25-9-10-31-13-20(25)27/h1,5-8,11,17,21H,9-10,12-13H2,2-3H3,(H,24,28). The van der Waals surface area contributed by atoms with Gasteiger partial charge >= 0.3 is 0 Å². The van der Waals surface area contributed by atoms with Gasteiger partial charge in [0.1, 0.15) is 6.61 Å². The lowest BCUT2D eigenvalue weighted by atomic mass is 10.1. The minimum Gasteiger partial charge on any atom is -0.370 e. The van der Waals surface area contributed by atoms with Crippen LogP contribution in [-0.4, -0.2) is 63.3 Å². The van der Waals surface area contributed by atoms with Crippen molar-refractivity contribution in [1.82, 2.24) is 5.32 Å². The van der Waals surface area contributed by atoms with Gasteiger partial charge in [-0.1, -0.05) is 5.92 Å². The molecule has 1 N–H and O–H groups in total. The number of rotatable bonds is 5. The zero-order valence-electron chi connectivity index (χ0n) is 17.8. The van der Waals surface area contributed by atoms with E-state index in [-0.39, 0.29) is 30.9 Å². The smallest absolute Gasteiger partial charge is 0.261 e. The van der Waals surface area contributed by atoms with Gasteiger partial charge in [0.15, 0.2) is 6.10 Å². The maximum atomic E-state index is 13.0. The van der Waals surface area contributed by atoms with Crippen molar-refractivity contribution in [2.24, 2.45) is 0 Å². The molecule has 32 heavy (non-hydrogen) atoms. The lowest BCUT2D eigenvalue weighted by Gasteiger charge is -2.29. The molecule has 0 radical (unpaired) electrons. The van der Waals surface area contributed by atoms with Crippen LogP contribution in [0.2, 0.25) is 0 Å². The second kappa shape index (κ2) is 9.12. The molecule has 1 aromatic carbocycles. The Hall–Kier alpha value is -3.19. The van der Waals surface area contributed by atoms with E-state index in [9.17, 15) is 14.4 Å². The Morgan fingerprint density at radius 2 is 2.09 bits per heavy atom. The second-order valence-corrected chi connectivity index (χ2v) is 8.65. The third kappa shape index (κ3) is 4.12. The van der Waals surface area contributed by atoms with E-state index in [1.165, 1.54) is 18.4 Å². The first-order valence-corrected chi connectivity index (χ1v) is 10.9. The molecule has 3 heterocycles. The van der Waals surface area contributed by atoms with E-state index in [2.05, 4.69) is 11.2 Å². The summed E-state index contributed by atoms with van der Waals surface area (Å²) >= 11 is 1.22. The Morgan fingerprint density at radius 1 is 1.28 bits per heavy atom. The van der Waals surface area contributed by atoms with E-state index in [1.807, 2.05) is 19.1 Å². The molecule has 9 heteroatoms. The molecule has 2 aliphatic heterocycles. The van der Waals surface area contributed by atoms with Crippen molar-refractivity contribution in [3.63, 3.8) is 0 Å². The number of aryl methyl sites for hydroxylation is 1. The van der Waals surface area contributed by atoms with Gasteiger partial charge in [-0.05, 0) is 42.8 Å². The minimum absolute atomic E-state index is 0.0653. The molecule has 2 aliphatic rings. The van der Waals surface area contributed by atoms with E-state index in [0.717, 1.165) is 11.3 Å². The Morgan fingerprint density at radius 3 is 2.75 bits per heavy atom. The molecular formula is C23H23N3O5S. The summed E-state index contributed by atoms with van der Waals surface area (Å²) in [5, 5.41) is 2.90. The van der Waals surface area contributed by atoms with E-state index < -0.39 is 12.1 Å². The Balaban J connectivity index is 1.52. The van der Waals surface area contributed by atoms with Crippen molar-refractivity contribution < 1.29 is 23.9 Å². The summed E-state index contributed by atoms with van der Waals surface area (Å²) in [4.78, 5) is 42.3. The van der Waals surface area contributed by atoms with Crippen LogP contribution in [0.5, 0.6) is 0 Å². The number of methoxy groups -OCH3 is 1. The topological polar surface area (TPSA) is 88.2 Å². The van der Waals surface area contributed by atoms with Crippen LogP contribution in [0, 0.1) is 19.3 Å². The van der Waals surface area contributed by atoms with Crippen LogP contribution in [0.4, 0.5) is 11.4 Å². The second-order valence-electron chi connectivity index (χ2n) is 7.56. The van der Waals surface area contributed by atoms with Gasteiger partial charge in [-0.15, -0.1) is 17.8 Å². The molecule has 2 fully saturated rings. The number of thiophene rings is 1. The number of carbonyl (C=O) groups excluding carboxylic acids is 3. The van der Waals surface area contributed by atoms with Crippen LogP contribution < -0.4 is 15.1 Å². The fourth-order valence-corrected chi connectivity index (χ4v) is 4.71. The summed E-state index contributed by atoms with van der Waals surface area (Å²) in [5.41, 5.74) is 2.35. The summed E-state index contributed by atoms with van der Waals surface area (Å²) in [7, 11) is 1.45. The van der Waals surface area contributed by atoms with Gasteiger partial charge in [-0.3, -0.25) is 14.4 Å². The number of ether oxygens (including phenoxy) is 2. The zero-order chi connectivity index (χ0) is 22.8. The zero-order valence-corrected chi connectivity index (χ0v) is 18.6. The van der Waals surface area contributed by atoms with Gasteiger partial charge in [0, 0.05) is 31.6 Å². The van der Waals surface area contributed by atoms with E-state index in [1.54, 1.807) is 28.0 Å². The number of hydrogen-bond donors (Lipinski definition) is 1. The molecule has 1 aromatic heterocycles. The van der Waals surface area contributed by atoms with Crippen LogP contribution in [-0.2, 0) is 19.1 Å². The van der Waals surface area contributed by atoms with Crippen LogP contribution in [0.15, 0.2) is 30.3 Å². The van der Waals surface area contributed by atoms with Gasteiger partial charge in [0.05, 0.1) is 22.4 Å². The highest BCUT2D eigenvalue weighted by molar-refractivity contribution is 7.14. The number of nitrogens with one attached hydrogen (secondary N) is 1. The highest BCUT2D eigenvalue weighted by Gasteiger charge is 2.42. The Bertz CT molecular complexity index is 1110. The van der Waals surface area contributed by atoms with Crippen LogP contribution in [0.3, 0.4) is 0 Å². The molecule has 0 bridgehead atoms. The maximum absolute atomic E-state index is 13.0. The lowest BCUT2D eigenvalue weighted by molar-refractivity contribution is -0.126. The molecule has 0 saturated carbocycles. The van der Waals surface area contributed by atoms with Crippen molar-refractivity contribution in [2.75, 3.05) is 43.2 Å². The van der Waals surface area contributed by atoms with E-state index >= 15 is 0 Å². The molecule has 8 nitrogen and oxygen atoms in total.